The van der Waals surface area contributed by atoms with E-state index in [4.69, 9.17) is 9.47 Å². The Bertz CT molecular complexity index is 762. The van der Waals surface area contributed by atoms with Crippen molar-refractivity contribution < 1.29 is 24.2 Å². The van der Waals surface area contributed by atoms with Crippen molar-refractivity contribution in [2.24, 2.45) is 5.92 Å². The first-order valence-corrected chi connectivity index (χ1v) is 9.87. The number of carbonyl (C=O) groups excluding carboxylic acids is 1. The van der Waals surface area contributed by atoms with Gasteiger partial charge in [-0.1, -0.05) is 38.5 Å². The fraction of sp³-hybridized carbons (Fsp3) is 0.478. The molecule has 1 aliphatic rings. The molecule has 0 aliphatic carbocycles. The van der Waals surface area contributed by atoms with Gasteiger partial charge < -0.3 is 14.6 Å². The zero-order valence-corrected chi connectivity index (χ0v) is 17.0. The molecule has 28 heavy (non-hydrogen) atoms. The van der Waals surface area contributed by atoms with Crippen LogP contribution in [0.15, 0.2) is 42.0 Å². The number of aliphatic carboxylic acids is 1. The van der Waals surface area contributed by atoms with Crippen LogP contribution in [0.25, 0.3) is 0 Å². The summed E-state index contributed by atoms with van der Waals surface area (Å²) in [6, 6.07) is 5.70. The Balaban J connectivity index is 1.95. The van der Waals surface area contributed by atoms with Crippen molar-refractivity contribution in [3.63, 3.8) is 0 Å². The molecule has 0 saturated heterocycles. The maximum atomic E-state index is 12.4. The van der Waals surface area contributed by atoms with Gasteiger partial charge >= 0.3 is 11.9 Å². The highest BCUT2D eigenvalue weighted by molar-refractivity contribution is 5.94. The van der Waals surface area contributed by atoms with Gasteiger partial charge in [-0.25, -0.2) is 4.79 Å². The lowest BCUT2D eigenvalue weighted by Crippen LogP contribution is -2.21. The molecule has 1 aromatic carbocycles. The molecule has 1 aromatic rings. The van der Waals surface area contributed by atoms with Gasteiger partial charge in [0, 0.05) is 12.0 Å². The van der Waals surface area contributed by atoms with Crippen LogP contribution in [0.4, 0.5) is 0 Å². The van der Waals surface area contributed by atoms with Crippen LogP contribution >= 0.6 is 0 Å². The Hall–Kier alpha value is -2.56. The van der Waals surface area contributed by atoms with E-state index in [1.807, 2.05) is 25.1 Å². The van der Waals surface area contributed by atoms with Gasteiger partial charge in [-0.05, 0) is 55.5 Å². The number of fused-ring (bicyclic) bond motifs is 1. The van der Waals surface area contributed by atoms with Crippen LogP contribution in [0.1, 0.15) is 57.6 Å². The fourth-order valence-electron chi connectivity index (χ4n) is 3.17. The molecule has 0 saturated carbocycles. The molecule has 0 bridgehead atoms. The molecular formula is C23H30O5. The van der Waals surface area contributed by atoms with Crippen molar-refractivity contribution in [3.8, 4) is 5.75 Å². The molecule has 0 spiro atoms. The highest BCUT2D eigenvalue weighted by Gasteiger charge is 2.26. The maximum Gasteiger partial charge on any atom is 0.332 e. The SMILES string of the molecule is C=C(C)[C@@H]1Cc2cc(COC(=O)[C@H](C)C(=CCCCCC)C(=O)O)ccc2O1. The summed E-state index contributed by atoms with van der Waals surface area (Å²) in [5, 5.41) is 9.41. The van der Waals surface area contributed by atoms with Gasteiger partial charge in [-0.3, -0.25) is 4.79 Å². The number of hydrogen-bond donors (Lipinski definition) is 1. The minimum atomic E-state index is -1.07. The van der Waals surface area contributed by atoms with Crippen LogP contribution in [0, 0.1) is 5.92 Å². The van der Waals surface area contributed by atoms with Crippen LogP contribution < -0.4 is 4.74 Å². The predicted molar refractivity (Wildman–Crippen MR) is 108 cm³/mol. The van der Waals surface area contributed by atoms with Crippen molar-refractivity contribution in [1.29, 1.82) is 0 Å². The summed E-state index contributed by atoms with van der Waals surface area (Å²) in [7, 11) is 0. The Morgan fingerprint density at radius 1 is 1.39 bits per heavy atom. The first-order chi connectivity index (χ1) is 13.3. The number of carbonyl (C=O) groups is 2. The van der Waals surface area contributed by atoms with Crippen LogP contribution in [0.5, 0.6) is 5.75 Å². The van der Waals surface area contributed by atoms with Gasteiger partial charge in [0.1, 0.15) is 18.5 Å². The third-order valence-electron chi connectivity index (χ3n) is 4.97. The molecular weight excluding hydrogens is 356 g/mol. The van der Waals surface area contributed by atoms with Crippen LogP contribution in [-0.4, -0.2) is 23.1 Å². The van der Waals surface area contributed by atoms with E-state index in [2.05, 4.69) is 13.5 Å². The molecule has 2 atom stereocenters. The lowest BCUT2D eigenvalue weighted by atomic mass is 9.99. The summed E-state index contributed by atoms with van der Waals surface area (Å²) >= 11 is 0. The van der Waals surface area contributed by atoms with E-state index in [0.29, 0.717) is 6.42 Å². The largest absolute Gasteiger partial charge is 0.485 e. The van der Waals surface area contributed by atoms with E-state index in [1.54, 1.807) is 13.0 Å². The summed E-state index contributed by atoms with van der Waals surface area (Å²) in [5.74, 6) is -1.56. The average Bonchev–Trinajstić information content (AvgIpc) is 3.09. The van der Waals surface area contributed by atoms with Crippen molar-refractivity contribution >= 4 is 11.9 Å². The lowest BCUT2D eigenvalue weighted by molar-refractivity contribution is -0.150. The fourth-order valence-corrected chi connectivity index (χ4v) is 3.17. The Morgan fingerprint density at radius 2 is 2.14 bits per heavy atom. The van der Waals surface area contributed by atoms with E-state index in [1.165, 1.54) is 0 Å². The number of ether oxygens (including phenoxy) is 2. The smallest absolute Gasteiger partial charge is 0.332 e. The summed E-state index contributed by atoms with van der Waals surface area (Å²) in [5.41, 5.74) is 3.00. The summed E-state index contributed by atoms with van der Waals surface area (Å²) < 4.78 is 11.2. The molecule has 5 nitrogen and oxygen atoms in total. The van der Waals surface area contributed by atoms with Gasteiger partial charge in [0.15, 0.2) is 0 Å². The molecule has 1 aliphatic heterocycles. The number of unbranched alkanes of at least 4 members (excludes halogenated alkanes) is 3. The van der Waals surface area contributed by atoms with E-state index in [0.717, 1.165) is 48.1 Å². The number of esters is 1. The van der Waals surface area contributed by atoms with E-state index in [9.17, 15) is 14.7 Å². The minimum absolute atomic E-state index is 0.0104. The van der Waals surface area contributed by atoms with Crippen molar-refractivity contribution in [1.82, 2.24) is 0 Å². The molecule has 0 unspecified atom stereocenters. The second-order valence-corrected chi connectivity index (χ2v) is 7.39. The number of rotatable bonds is 10. The van der Waals surface area contributed by atoms with E-state index in [-0.39, 0.29) is 18.3 Å². The third-order valence-corrected chi connectivity index (χ3v) is 4.97. The second kappa shape index (κ2) is 10.1. The minimum Gasteiger partial charge on any atom is -0.485 e. The molecule has 2 rings (SSSR count). The maximum absolute atomic E-state index is 12.4. The van der Waals surface area contributed by atoms with E-state index >= 15 is 0 Å². The number of benzene rings is 1. The van der Waals surface area contributed by atoms with Crippen molar-refractivity contribution in [2.75, 3.05) is 0 Å². The first-order valence-electron chi connectivity index (χ1n) is 9.87. The van der Waals surface area contributed by atoms with Crippen molar-refractivity contribution in [3.05, 3.63) is 53.1 Å². The molecule has 1 N–H and O–H groups in total. The number of carboxylic acid groups (broad SMARTS) is 1. The second-order valence-electron chi connectivity index (χ2n) is 7.39. The van der Waals surface area contributed by atoms with Gasteiger partial charge in [-0.15, -0.1) is 0 Å². The highest BCUT2D eigenvalue weighted by Crippen LogP contribution is 2.32. The Labute approximate surface area is 167 Å². The van der Waals surface area contributed by atoms with Gasteiger partial charge in [-0.2, -0.15) is 0 Å². The molecule has 5 heteroatoms. The summed E-state index contributed by atoms with van der Waals surface area (Å²) in [6.45, 7) is 9.65. The molecule has 0 fully saturated rings. The first kappa shape index (κ1) is 21.7. The van der Waals surface area contributed by atoms with Crippen LogP contribution in [0.3, 0.4) is 0 Å². The normalized spacial score (nSPS) is 16.8. The molecule has 0 amide bonds. The van der Waals surface area contributed by atoms with Crippen molar-refractivity contribution in [2.45, 2.75) is 65.6 Å². The third kappa shape index (κ3) is 5.72. The standard InChI is InChI=1S/C23H30O5/c1-5-6-7-8-9-19(22(24)25)16(4)23(26)27-14-17-10-11-20-18(12-17)13-21(28-20)15(2)3/h9-12,16,21H,2,5-8,13-14H2,1,3-4H3,(H,24,25)/t16-,21+/m1/s1. The monoisotopic (exact) mass is 386 g/mol. The van der Waals surface area contributed by atoms with Gasteiger partial charge in [0.05, 0.1) is 5.92 Å². The van der Waals surface area contributed by atoms with Crippen LogP contribution in [-0.2, 0) is 27.4 Å². The Kier molecular flexibility index (Phi) is 7.85. The topological polar surface area (TPSA) is 72.8 Å². The number of hydrogen-bond acceptors (Lipinski definition) is 4. The van der Waals surface area contributed by atoms with E-state index < -0.39 is 17.9 Å². The average molecular weight is 386 g/mol. The summed E-state index contributed by atoms with van der Waals surface area (Å²) in [6.07, 6.45) is 6.06. The summed E-state index contributed by atoms with van der Waals surface area (Å²) in [4.78, 5) is 23.9. The molecule has 1 heterocycles. The number of allylic oxidation sites excluding steroid dienone is 1. The quantitative estimate of drug-likeness (QED) is 0.270. The highest BCUT2D eigenvalue weighted by atomic mass is 16.5. The predicted octanol–water partition coefficient (Wildman–Crippen LogP) is 4.84. The molecule has 0 radical (unpaired) electrons. The lowest BCUT2D eigenvalue weighted by Gasteiger charge is -2.13. The zero-order chi connectivity index (χ0) is 20.7. The van der Waals surface area contributed by atoms with Crippen LogP contribution in [0.2, 0.25) is 0 Å². The Morgan fingerprint density at radius 3 is 2.79 bits per heavy atom. The zero-order valence-electron chi connectivity index (χ0n) is 17.0. The van der Waals surface area contributed by atoms with Gasteiger partial charge in [0.25, 0.3) is 0 Å². The molecule has 0 aromatic heterocycles. The number of carboxylic acids is 1. The van der Waals surface area contributed by atoms with Gasteiger partial charge in [0.2, 0.25) is 0 Å². The molecule has 152 valence electrons.